The standard InChI is InChI=1S/C13H18F3NS/c1-10(2)7-8-17-9-11-5-3-4-6-12(11)18-13(14,15)16/h3-6,10,17H,7-9H2,1-2H3. The summed E-state index contributed by atoms with van der Waals surface area (Å²) < 4.78 is 37.1. The van der Waals surface area contributed by atoms with Crippen molar-refractivity contribution < 1.29 is 13.2 Å². The Hall–Kier alpha value is -0.680. The number of hydrogen-bond acceptors (Lipinski definition) is 2. The Morgan fingerprint density at radius 1 is 1.22 bits per heavy atom. The van der Waals surface area contributed by atoms with Gasteiger partial charge in [0.15, 0.2) is 0 Å². The highest BCUT2D eigenvalue weighted by Crippen LogP contribution is 2.38. The molecule has 0 aliphatic rings. The minimum absolute atomic E-state index is 0.0483. The van der Waals surface area contributed by atoms with Gasteiger partial charge in [-0.3, -0.25) is 0 Å². The molecule has 0 atom stereocenters. The first-order valence-electron chi connectivity index (χ1n) is 5.93. The predicted molar refractivity (Wildman–Crippen MR) is 69.5 cm³/mol. The molecule has 1 aromatic carbocycles. The molecule has 5 heteroatoms. The fourth-order valence-corrected chi connectivity index (χ4v) is 2.16. The van der Waals surface area contributed by atoms with E-state index < -0.39 is 5.51 Å². The summed E-state index contributed by atoms with van der Waals surface area (Å²) in [6.07, 6.45) is 1.02. The van der Waals surface area contributed by atoms with Crippen molar-refractivity contribution in [1.29, 1.82) is 0 Å². The van der Waals surface area contributed by atoms with Gasteiger partial charge in [-0.15, -0.1) is 0 Å². The van der Waals surface area contributed by atoms with E-state index in [0.717, 1.165) is 13.0 Å². The summed E-state index contributed by atoms with van der Waals surface area (Å²) in [5, 5.41) is 3.18. The third-order valence-electron chi connectivity index (χ3n) is 2.41. The van der Waals surface area contributed by atoms with Crippen LogP contribution in [0.2, 0.25) is 0 Å². The lowest BCUT2D eigenvalue weighted by Crippen LogP contribution is -2.17. The lowest BCUT2D eigenvalue weighted by molar-refractivity contribution is -0.0328. The van der Waals surface area contributed by atoms with Crippen molar-refractivity contribution in [2.45, 2.75) is 37.2 Å². The average Bonchev–Trinajstić information content (AvgIpc) is 2.24. The summed E-state index contributed by atoms with van der Waals surface area (Å²) in [7, 11) is 0. The van der Waals surface area contributed by atoms with Gasteiger partial charge in [-0.25, -0.2) is 0 Å². The lowest BCUT2D eigenvalue weighted by Gasteiger charge is -2.12. The Labute approximate surface area is 110 Å². The molecule has 0 saturated carbocycles. The zero-order chi connectivity index (χ0) is 13.6. The third kappa shape index (κ3) is 6.31. The van der Waals surface area contributed by atoms with Gasteiger partial charge in [0.25, 0.3) is 0 Å². The highest BCUT2D eigenvalue weighted by molar-refractivity contribution is 8.00. The van der Waals surface area contributed by atoms with E-state index in [0.29, 0.717) is 18.0 Å². The maximum Gasteiger partial charge on any atom is 0.446 e. The number of thioether (sulfide) groups is 1. The molecule has 0 unspecified atom stereocenters. The summed E-state index contributed by atoms with van der Waals surface area (Å²) in [4.78, 5) is 0.280. The molecular weight excluding hydrogens is 259 g/mol. The van der Waals surface area contributed by atoms with E-state index in [1.807, 2.05) is 0 Å². The second kappa shape index (κ2) is 7.04. The molecule has 0 aliphatic carbocycles. The van der Waals surface area contributed by atoms with Gasteiger partial charge in [0, 0.05) is 11.4 Å². The van der Waals surface area contributed by atoms with Crippen LogP contribution in [0, 0.1) is 5.92 Å². The quantitative estimate of drug-likeness (QED) is 0.609. The molecule has 1 aromatic rings. The molecule has 0 fully saturated rings. The zero-order valence-electron chi connectivity index (χ0n) is 10.6. The molecule has 1 nitrogen and oxygen atoms in total. The molecule has 0 radical (unpaired) electrons. The van der Waals surface area contributed by atoms with E-state index in [-0.39, 0.29) is 16.7 Å². The molecule has 0 heterocycles. The largest absolute Gasteiger partial charge is 0.446 e. The van der Waals surface area contributed by atoms with E-state index in [1.165, 1.54) is 6.07 Å². The van der Waals surface area contributed by atoms with Gasteiger partial charge in [0.1, 0.15) is 0 Å². The van der Waals surface area contributed by atoms with E-state index >= 15 is 0 Å². The Morgan fingerprint density at radius 3 is 2.50 bits per heavy atom. The van der Waals surface area contributed by atoms with E-state index in [1.54, 1.807) is 18.2 Å². The van der Waals surface area contributed by atoms with Crippen LogP contribution in [-0.2, 0) is 6.54 Å². The van der Waals surface area contributed by atoms with Crippen LogP contribution in [0.5, 0.6) is 0 Å². The first-order valence-corrected chi connectivity index (χ1v) is 6.74. The van der Waals surface area contributed by atoms with Crippen molar-refractivity contribution >= 4 is 11.8 Å². The van der Waals surface area contributed by atoms with Crippen molar-refractivity contribution in [3.8, 4) is 0 Å². The molecule has 0 aliphatic heterocycles. The molecule has 1 N–H and O–H groups in total. The van der Waals surface area contributed by atoms with E-state index in [2.05, 4.69) is 19.2 Å². The molecule has 18 heavy (non-hydrogen) atoms. The topological polar surface area (TPSA) is 12.0 Å². The first kappa shape index (κ1) is 15.4. The highest BCUT2D eigenvalue weighted by Gasteiger charge is 2.30. The van der Waals surface area contributed by atoms with Crippen LogP contribution in [-0.4, -0.2) is 12.1 Å². The fourth-order valence-electron chi connectivity index (χ4n) is 1.49. The summed E-state index contributed by atoms with van der Waals surface area (Å²) in [6, 6.07) is 6.64. The summed E-state index contributed by atoms with van der Waals surface area (Å²) in [5.74, 6) is 0.595. The number of alkyl halides is 3. The summed E-state index contributed by atoms with van der Waals surface area (Å²) in [6.45, 7) is 5.54. The van der Waals surface area contributed by atoms with Crippen molar-refractivity contribution in [3.63, 3.8) is 0 Å². The molecule has 0 bridgehead atoms. The van der Waals surface area contributed by atoms with Crippen molar-refractivity contribution in [2.75, 3.05) is 6.54 Å². The molecule has 0 spiro atoms. The number of nitrogens with one attached hydrogen (secondary N) is 1. The Bertz CT molecular complexity index is 363. The van der Waals surface area contributed by atoms with Gasteiger partial charge in [-0.05, 0) is 42.3 Å². The minimum Gasteiger partial charge on any atom is -0.313 e. The third-order valence-corrected chi connectivity index (χ3v) is 3.26. The van der Waals surface area contributed by atoms with Crippen LogP contribution >= 0.6 is 11.8 Å². The van der Waals surface area contributed by atoms with Crippen molar-refractivity contribution in [1.82, 2.24) is 5.32 Å². The summed E-state index contributed by atoms with van der Waals surface area (Å²) in [5.41, 5.74) is -3.53. The van der Waals surface area contributed by atoms with Crippen LogP contribution in [0.25, 0.3) is 0 Å². The van der Waals surface area contributed by atoms with Crippen molar-refractivity contribution in [2.24, 2.45) is 5.92 Å². The summed E-state index contributed by atoms with van der Waals surface area (Å²) >= 11 is -0.0483. The molecular formula is C13H18F3NS. The first-order chi connectivity index (χ1) is 8.38. The molecule has 0 aromatic heterocycles. The molecule has 102 valence electrons. The van der Waals surface area contributed by atoms with Crippen LogP contribution < -0.4 is 5.32 Å². The highest BCUT2D eigenvalue weighted by atomic mass is 32.2. The molecule has 0 saturated heterocycles. The van der Waals surface area contributed by atoms with Gasteiger partial charge in [-0.2, -0.15) is 13.2 Å². The second-order valence-electron chi connectivity index (χ2n) is 4.51. The maximum atomic E-state index is 12.4. The molecule has 1 rings (SSSR count). The van der Waals surface area contributed by atoms with Gasteiger partial charge in [0.05, 0.1) is 0 Å². The predicted octanol–water partition coefficient (Wildman–Crippen LogP) is 4.43. The number of rotatable bonds is 6. The van der Waals surface area contributed by atoms with Gasteiger partial charge in [-0.1, -0.05) is 32.0 Å². The minimum atomic E-state index is -4.23. The fraction of sp³-hybridized carbons (Fsp3) is 0.538. The van der Waals surface area contributed by atoms with E-state index in [9.17, 15) is 13.2 Å². The molecule has 0 amide bonds. The van der Waals surface area contributed by atoms with Crippen LogP contribution in [0.15, 0.2) is 29.2 Å². The second-order valence-corrected chi connectivity index (χ2v) is 5.62. The SMILES string of the molecule is CC(C)CCNCc1ccccc1SC(F)(F)F. The van der Waals surface area contributed by atoms with Gasteiger partial charge < -0.3 is 5.32 Å². The average molecular weight is 277 g/mol. The van der Waals surface area contributed by atoms with Gasteiger partial charge in [0.2, 0.25) is 0 Å². The smallest absolute Gasteiger partial charge is 0.313 e. The van der Waals surface area contributed by atoms with Crippen molar-refractivity contribution in [3.05, 3.63) is 29.8 Å². The zero-order valence-corrected chi connectivity index (χ0v) is 11.4. The van der Waals surface area contributed by atoms with Crippen LogP contribution in [0.1, 0.15) is 25.8 Å². The Morgan fingerprint density at radius 2 is 1.89 bits per heavy atom. The maximum absolute atomic E-state index is 12.4. The Balaban J connectivity index is 2.54. The number of hydrogen-bond donors (Lipinski definition) is 1. The Kier molecular flexibility index (Phi) is 6.02. The van der Waals surface area contributed by atoms with Gasteiger partial charge >= 0.3 is 5.51 Å². The number of halogens is 3. The van der Waals surface area contributed by atoms with Crippen LogP contribution in [0.4, 0.5) is 13.2 Å². The lowest BCUT2D eigenvalue weighted by atomic mass is 10.1. The van der Waals surface area contributed by atoms with Crippen LogP contribution in [0.3, 0.4) is 0 Å². The number of benzene rings is 1. The monoisotopic (exact) mass is 277 g/mol. The van der Waals surface area contributed by atoms with E-state index in [4.69, 9.17) is 0 Å². The normalized spacial score (nSPS) is 12.1.